The third kappa shape index (κ3) is 2.12. The lowest BCUT2D eigenvalue weighted by atomic mass is 10.2. The van der Waals surface area contributed by atoms with Crippen molar-refractivity contribution in [2.45, 2.75) is 13.1 Å². The number of hydrogen-bond donors (Lipinski definition) is 2. The monoisotopic (exact) mass is 241 g/mol. The van der Waals surface area contributed by atoms with Crippen LogP contribution in [-0.4, -0.2) is 19.7 Å². The maximum atomic E-state index is 4.23. The Morgan fingerprint density at radius 1 is 1.28 bits per heavy atom. The van der Waals surface area contributed by atoms with Crippen LogP contribution in [0.25, 0.3) is 10.9 Å². The van der Waals surface area contributed by atoms with E-state index in [0.717, 1.165) is 12.4 Å². The third-order valence-electron chi connectivity index (χ3n) is 2.92. The van der Waals surface area contributed by atoms with Gasteiger partial charge in [-0.2, -0.15) is 5.10 Å². The summed E-state index contributed by atoms with van der Waals surface area (Å²) in [5.74, 6) is 0.817. The van der Waals surface area contributed by atoms with Crippen molar-refractivity contribution in [3.63, 3.8) is 0 Å². The molecule has 18 heavy (non-hydrogen) atoms. The Morgan fingerprint density at radius 2 is 2.17 bits per heavy atom. The summed E-state index contributed by atoms with van der Waals surface area (Å²) in [4.78, 5) is 7.44. The normalized spacial score (nSPS) is 11.2. The molecule has 2 heterocycles. The highest BCUT2D eigenvalue weighted by molar-refractivity contribution is 5.82. The molecular weight excluding hydrogens is 226 g/mol. The van der Waals surface area contributed by atoms with E-state index < -0.39 is 0 Å². The molecule has 5 heteroatoms. The number of aryl methyl sites for hydroxylation is 1. The van der Waals surface area contributed by atoms with Crippen LogP contribution in [0.4, 0.5) is 0 Å². The number of aromatic nitrogens is 4. The molecule has 2 N–H and O–H groups in total. The Bertz CT molecular complexity index is 652. The van der Waals surface area contributed by atoms with Gasteiger partial charge in [-0.05, 0) is 11.6 Å². The average Bonchev–Trinajstić information content (AvgIpc) is 2.97. The number of fused-ring (bicyclic) bond motifs is 1. The first-order valence-corrected chi connectivity index (χ1v) is 5.93. The Kier molecular flexibility index (Phi) is 2.82. The van der Waals surface area contributed by atoms with E-state index in [2.05, 4.69) is 38.6 Å². The number of hydrogen-bond acceptors (Lipinski definition) is 3. The number of para-hydroxylation sites is 1. The molecule has 0 amide bonds. The van der Waals surface area contributed by atoms with Gasteiger partial charge in [0.05, 0.1) is 6.54 Å². The highest BCUT2D eigenvalue weighted by atomic mass is 15.3. The van der Waals surface area contributed by atoms with Gasteiger partial charge in [0, 0.05) is 30.7 Å². The maximum Gasteiger partial charge on any atom is 0.164 e. The molecule has 0 aliphatic rings. The minimum atomic E-state index is 0.681. The summed E-state index contributed by atoms with van der Waals surface area (Å²) in [5.41, 5.74) is 2.44. The Labute approximate surface area is 105 Å². The second kappa shape index (κ2) is 4.62. The van der Waals surface area contributed by atoms with Gasteiger partial charge in [-0.3, -0.25) is 4.68 Å². The van der Waals surface area contributed by atoms with Gasteiger partial charge < -0.3 is 10.3 Å². The quantitative estimate of drug-likeness (QED) is 0.729. The molecule has 0 saturated heterocycles. The van der Waals surface area contributed by atoms with Crippen molar-refractivity contribution in [2.75, 3.05) is 0 Å². The lowest BCUT2D eigenvalue weighted by molar-refractivity contribution is 0.651. The highest BCUT2D eigenvalue weighted by Crippen LogP contribution is 2.17. The number of aromatic amines is 1. The maximum absolute atomic E-state index is 4.23. The van der Waals surface area contributed by atoms with E-state index in [4.69, 9.17) is 0 Å². The van der Waals surface area contributed by atoms with Crippen LogP contribution in [-0.2, 0) is 20.1 Å². The molecule has 0 unspecified atom stereocenters. The van der Waals surface area contributed by atoms with Gasteiger partial charge in [0.2, 0.25) is 0 Å². The van der Waals surface area contributed by atoms with Crippen LogP contribution in [0.5, 0.6) is 0 Å². The molecule has 0 bridgehead atoms. The predicted octanol–water partition coefficient (Wildman–Crippen LogP) is 1.59. The van der Waals surface area contributed by atoms with E-state index in [0.29, 0.717) is 6.54 Å². The molecule has 0 saturated carbocycles. The molecule has 0 radical (unpaired) electrons. The van der Waals surface area contributed by atoms with E-state index in [-0.39, 0.29) is 0 Å². The molecule has 0 fully saturated rings. The number of rotatable bonds is 4. The molecule has 0 aliphatic heterocycles. The molecule has 0 aliphatic carbocycles. The summed E-state index contributed by atoms with van der Waals surface area (Å²) in [6, 6.07) is 8.30. The fourth-order valence-electron chi connectivity index (χ4n) is 2.05. The van der Waals surface area contributed by atoms with Crippen molar-refractivity contribution < 1.29 is 0 Å². The number of H-pyrrole nitrogens is 1. The molecule has 92 valence electrons. The zero-order valence-corrected chi connectivity index (χ0v) is 10.2. The van der Waals surface area contributed by atoms with Gasteiger partial charge in [0.25, 0.3) is 0 Å². The van der Waals surface area contributed by atoms with E-state index in [1.54, 1.807) is 11.0 Å². The van der Waals surface area contributed by atoms with Gasteiger partial charge in [0.1, 0.15) is 6.33 Å². The van der Waals surface area contributed by atoms with Crippen LogP contribution < -0.4 is 5.32 Å². The first kappa shape index (κ1) is 11.0. The molecule has 0 spiro atoms. The number of nitrogens with zero attached hydrogens (tertiary/aromatic N) is 3. The Balaban J connectivity index is 1.66. The van der Waals surface area contributed by atoms with Crippen LogP contribution in [0.2, 0.25) is 0 Å². The van der Waals surface area contributed by atoms with Gasteiger partial charge >= 0.3 is 0 Å². The lowest BCUT2D eigenvalue weighted by Crippen LogP contribution is -2.13. The van der Waals surface area contributed by atoms with Gasteiger partial charge in [0.15, 0.2) is 5.82 Å². The molecular formula is C13H15N5. The zero-order valence-electron chi connectivity index (χ0n) is 10.2. The van der Waals surface area contributed by atoms with Crippen molar-refractivity contribution in [3.05, 3.63) is 48.2 Å². The van der Waals surface area contributed by atoms with Crippen molar-refractivity contribution >= 4 is 10.9 Å². The van der Waals surface area contributed by atoms with Gasteiger partial charge in [-0.1, -0.05) is 18.2 Å². The number of benzene rings is 1. The lowest BCUT2D eigenvalue weighted by Gasteiger charge is -2.00. The molecule has 3 aromatic rings. The largest absolute Gasteiger partial charge is 0.361 e. The van der Waals surface area contributed by atoms with E-state index in [9.17, 15) is 0 Å². The van der Waals surface area contributed by atoms with Gasteiger partial charge in [-0.25, -0.2) is 4.98 Å². The Morgan fingerprint density at radius 3 is 3.00 bits per heavy atom. The van der Waals surface area contributed by atoms with Crippen molar-refractivity contribution in [1.82, 2.24) is 25.1 Å². The predicted molar refractivity (Wildman–Crippen MR) is 69.8 cm³/mol. The van der Waals surface area contributed by atoms with Crippen LogP contribution in [0.3, 0.4) is 0 Å². The van der Waals surface area contributed by atoms with Crippen molar-refractivity contribution in [3.8, 4) is 0 Å². The van der Waals surface area contributed by atoms with E-state index in [1.807, 2.05) is 19.3 Å². The summed E-state index contributed by atoms with van der Waals surface area (Å²) >= 11 is 0. The first-order valence-electron chi connectivity index (χ1n) is 5.93. The third-order valence-corrected chi connectivity index (χ3v) is 2.92. The van der Waals surface area contributed by atoms with Crippen LogP contribution in [0, 0.1) is 0 Å². The SMILES string of the molecule is Cn1cnc(CNCc2c[nH]c3ccccc23)n1. The van der Waals surface area contributed by atoms with Crippen LogP contribution in [0.15, 0.2) is 36.8 Å². The van der Waals surface area contributed by atoms with Gasteiger partial charge in [-0.15, -0.1) is 0 Å². The fraction of sp³-hybridized carbons (Fsp3) is 0.231. The summed E-state index contributed by atoms with van der Waals surface area (Å²) < 4.78 is 1.71. The van der Waals surface area contributed by atoms with Crippen molar-refractivity contribution in [2.24, 2.45) is 7.05 Å². The number of nitrogens with one attached hydrogen (secondary N) is 2. The molecule has 1 aromatic carbocycles. The minimum Gasteiger partial charge on any atom is -0.361 e. The highest BCUT2D eigenvalue weighted by Gasteiger charge is 2.03. The topological polar surface area (TPSA) is 58.5 Å². The molecule has 0 atom stereocenters. The minimum absolute atomic E-state index is 0.681. The standard InChI is InChI=1S/C13H15N5/c1-18-9-16-13(17-18)8-14-6-10-7-15-12-5-3-2-4-11(10)12/h2-5,7,9,14-15H,6,8H2,1H3. The summed E-state index contributed by atoms with van der Waals surface area (Å²) in [7, 11) is 1.87. The van der Waals surface area contributed by atoms with Crippen LogP contribution >= 0.6 is 0 Å². The fourth-order valence-corrected chi connectivity index (χ4v) is 2.05. The van der Waals surface area contributed by atoms with Crippen LogP contribution in [0.1, 0.15) is 11.4 Å². The zero-order chi connectivity index (χ0) is 12.4. The summed E-state index contributed by atoms with van der Waals surface area (Å²) in [6.07, 6.45) is 3.76. The second-order valence-electron chi connectivity index (χ2n) is 4.30. The average molecular weight is 241 g/mol. The Hall–Kier alpha value is -2.14. The molecule has 3 rings (SSSR count). The van der Waals surface area contributed by atoms with E-state index in [1.165, 1.54) is 16.5 Å². The summed E-state index contributed by atoms with van der Waals surface area (Å²) in [6.45, 7) is 1.49. The first-order chi connectivity index (χ1) is 8.83. The molecule has 2 aromatic heterocycles. The van der Waals surface area contributed by atoms with E-state index >= 15 is 0 Å². The summed E-state index contributed by atoms with van der Waals surface area (Å²) in [5, 5.41) is 8.84. The molecule has 5 nitrogen and oxygen atoms in total. The van der Waals surface area contributed by atoms with Crippen molar-refractivity contribution in [1.29, 1.82) is 0 Å². The smallest absolute Gasteiger partial charge is 0.164 e. The second-order valence-corrected chi connectivity index (χ2v) is 4.30.